The van der Waals surface area contributed by atoms with E-state index in [4.69, 9.17) is 15.0 Å². The number of phenols is 1. The number of phenolic OH excluding ortho intramolecular Hbond substituents is 1. The number of halogens is 3. The minimum atomic E-state index is -5.94. The predicted octanol–water partition coefficient (Wildman–Crippen LogP) is 13.0. The van der Waals surface area contributed by atoms with Gasteiger partial charge in [-0.3, -0.25) is 0 Å². The molecule has 0 fully saturated rings. The lowest BCUT2D eigenvalue weighted by Gasteiger charge is -2.15. The van der Waals surface area contributed by atoms with Gasteiger partial charge in [-0.25, -0.2) is 29.9 Å². The number of hydrogen-bond donors (Lipinski definition) is 1. The van der Waals surface area contributed by atoms with Crippen LogP contribution in [-0.2, 0) is 10.1 Å². The van der Waals surface area contributed by atoms with Crippen LogP contribution in [0, 0.1) is 0 Å². The number of rotatable bonds is 10. The smallest absolute Gasteiger partial charge is 0.507 e. The highest BCUT2D eigenvalue weighted by atomic mass is 32.2. The van der Waals surface area contributed by atoms with Crippen LogP contribution < -0.4 is 4.18 Å². The standard InChI is InChI=1S/C28H18F3N3O3S.C27H19N3O/c29-28(30,31)38(35,36)37-24-18-22(16-17-23(24)19-10-4-1-5-11-19)27-33-25(20-12-6-2-7-13-20)32-26(34-27)21-14-8-3-9-15-21;31-24-18-22(16-17-23(24)19-10-4-1-5-11-19)27-29-25(20-12-6-2-7-13-20)28-26(30-27)21-14-8-3-9-15-21/h1-18H;1-18,31H. The molecule has 0 saturated heterocycles. The average Bonchev–Trinajstić information content (AvgIpc) is 3.39. The maximum absolute atomic E-state index is 13.2. The fourth-order valence-electron chi connectivity index (χ4n) is 7.16. The Morgan fingerprint density at radius 2 is 0.623 bits per heavy atom. The fourth-order valence-corrected chi connectivity index (χ4v) is 7.63. The normalized spacial score (nSPS) is 11.3. The summed E-state index contributed by atoms with van der Waals surface area (Å²) < 4.78 is 68.1. The summed E-state index contributed by atoms with van der Waals surface area (Å²) in [6.07, 6.45) is 0. The Kier molecular flexibility index (Phi) is 13.1. The van der Waals surface area contributed by atoms with Gasteiger partial charge in [0.25, 0.3) is 0 Å². The Hall–Kier alpha value is -8.88. The first-order chi connectivity index (χ1) is 33.5. The first kappa shape index (κ1) is 45.3. The van der Waals surface area contributed by atoms with Crippen molar-refractivity contribution in [3.8, 4) is 102 Å². The summed E-state index contributed by atoms with van der Waals surface area (Å²) in [5.41, 5.74) is 0.938. The van der Waals surface area contributed by atoms with Gasteiger partial charge in [-0.05, 0) is 35.4 Å². The molecule has 0 aliphatic carbocycles. The molecule has 0 atom stereocenters. The van der Waals surface area contributed by atoms with Crippen molar-refractivity contribution in [3.05, 3.63) is 218 Å². The van der Waals surface area contributed by atoms with E-state index < -0.39 is 21.4 Å². The van der Waals surface area contributed by atoms with Crippen LogP contribution in [0.25, 0.3) is 90.6 Å². The van der Waals surface area contributed by atoms with Gasteiger partial charge >= 0.3 is 15.6 Å². The number of alkyl halides is 3. The van der Waals surface area contributed by atoms with Crippen LogP contribution in [-0.4, -0.2) is 48.9 Å². The van der Waals surface area contributed by atoms with Crippen molar-refractivity contribution in [1.29, 1.82) is 0 Å². The van der Waals surface area contributed by atoms with Gasteiger partial charge in [0.05, 0.1) is 0 Å². The van der Waals surface area contributed by atoms with Crippen LogP contribution in [0.15, 0.2) is 218 Å². The average molecular weight is 935 g/mol. The molecule has 0 aliphatic heterocycles. The topological polar surface area (TPSA) is 141 Å². The summed E-state index contributed by atoms with van der Waals surface area (Å²) in [7, 11) is -5.94. The van der Waals surface area contributed by atoms with Crippen LogP contribution in [0.2, 0.25) is 0 Å². The molecule has 0 bridgehead atoms. The van der Waals surface area contributed by atoms with E-state index in [1.165, 1.54) is 12.1 Å². The van der Waals surface area contributed by atoms with E-state index in [9.17, 15) is 26.7 Å². The van der Waals surface area contributed by atoms with Gasteiger partial charge in [0.1, 0.15) is 5.75 Å². The van der Waals surface area contributed by atoms with Gasteiger partial charge in [0, 0.05) is 44.5 Å². The van der Waals surface area contributed by atoms with Gasteiger partial charge < -0.3 is 9.29 Å². The van der Waals surface area contributed by atoms with E-state index in [1.807, 2.05) is 164 Å². The maximum atomic E-state index is 13.2. The minimum absolute atomic E-state index is 0.131. The van der Waals surface area contributed by atoms with Crippen molar-refractivity contribution in [2.75, 3.05) is 0 Å². The van der Waals surface area contributed by atoms with Crippen LogP contribution >= 0.6 is 0 Å². The lowest BCUT2D eigenvalue weighted by Crippen LogP contribution is -2.28. The Bertz CT molecular complexity index is 3360. The quantitative estimate of drug-likeness (QED) is 0.104. The zero-order valence-corrected chi connectivity index (χ0v) is 37.0. The van der Waals surface area contributed by atoms with E-state index in [0.717, 1.165) is 27.8 Å². The van der Waals surface area contributed by atoms with Gasteiger partial charge in [-0.15, -0.1) is 0 Å². The summed E-state index contributed by atoms with van der Waals surface area (Å²) in [5, 5.41) is 10.7. The molecule has 2 heterocycles. The number of aromatic hydroxyl groups is 1. The molecule has 2 aromatic heterocycles. The third-order valence-electron chi connectivity index (χ3n) is 10.5. The SMILES string of the molecule is O=S(=O)(Oc1cc(-c2nc(-c3ccccc3)nc(-c3ccccc3)n2)ccc1-c1ccccc1)C(F)(F)F.Oc1cc(-c2nc(-c3ccccc3)nc(-c3ccccc3)n2)ccc1-c1ccccc1. The van der Waals surface area contributed by atoms with E-state index in [-0.39, 0.29) is 22.7 Å². The fraction of sp³-hybridized carbons (Fsp3) is 0.0182. The zero-order valence-electron chi connectivity index (χ0n) is 36.2. The summed E-state index contributed by atoms with van der Waals surface area (Å²) in [6, 6.07) is 65.8. The van der Waals surface area contributed by atoms with Crippen molar-refractivity contribution in [1.82, 2.24) is 29.9 Å². The second-order valence-electron chi connectivity index (χ2n) is 15.2. The lowest BCUT2D eigenvalue weighted by atomic mass is 10.0. The van der Waals surface area contributed by atoms with E-state index >= 15 is 0 Å². The Morgan fingerprint density at radius 1 is 0.348 bits per heavy atom. The largest absolute Gasteiger partial charge is 0.534 e. The monoisotopic (exact) mass is 934 g/mol. The first-order valence-electron chi connectivity index (χ1n) is 21.3. The molecule has 69 heavy (non-hydrogen) atoms. The minimum Gasteiger partial charge on any atom is -0.507 e. The van der Waals surface area contributed by atoms with E-state index in [2.05, 4.69) is 19.1 Å². The maximum Gasteiger partial charge on any atom is 0.534 e. The molecule has 10 aromatic rings. The molecule has 10 rings (SSSR count). The lowest BCUT2D eigenvalue weighted by molar-refractivity contribution is -0.0499. The second kappa shape index (κ2) is 19.9. The molecule has 0 unspecified atom stereocenters. The van der Waals surface area contributed by atoms with Crippen LogP contribution in [0.5, 0.6) is 11.5 Å². The molecule has 10 nitrogen and oxygen atoms in total. The zero-order chi connectivity index (χ0) is 47.8. The second-order valence-corrected chi connectivity index (χ2v) is 16.8. The molecular weight excluding hydrogens is 898 g/mol. The Morgan fingerprint density at radius 3 is 0.942 bits per heavy atom. The van der Waals surface area contributed by atoms with Crippen molar-refractivity contribution in [2.45, 2.75) is 5.51 Å². The van der Waals surface area contributed by atoms with Gasteiger partial charge in [-0.1, -0.05) is 194 Å². The van der Waals surface area contributed by atoms with Crippen LogP contribution in [0.4, 0.5) is 13.2 Å². The number of nitrogens with zero attached hydrogens (tertiary/aromatic N) is 6. The molecule has 8 aromatic carbocycles. The molecule has 1 N–H and O–H groups in total. The summed E-state index contributed by atoms with van der Waals surface area (Å²) in [6.45, 7) is 0. The predicted molar refractivity (Wildman–Crippen MR) is 260 cm³/mol. The van der Waals surface area contributed by atoms with Crippen molar-refractivity contribution < 1.29 is 30.9 Å². The molecule has 0 spiro atoms. The molecule has 0 radical (unpaired) electrons. The van der Waals surface area contributed by atoms with Crippen LogP contribution in [0.1, 0.15) is 0 Å². The molecule has 0 saturated carbocycles. The third kappa shape index (κ3) is 10.6. The van der Waals surface area contributed by atoms with Crippen molar-refractivity contribution in [2.24, 2.45) is 0 Å². The Labute approximate surface area is 395 Å². The molecule has 14 heteroatoms. The van der Waals surface area contributed by atoms with Crippen molar-refractivity contribution >= 4 is 10.1 Å². The highest BCUT2D eigenvalue weighted by Gasteiger charge is 2.49. The molecular formula is C55H37F3N6O4S. The summed E-state index contributed by atoms with van der Waals surface area (Å²) in [4.78, 5) is 27.8. The number of hydrogen-bond acceptors (Lipinski definition) is 10. The Balaban J connectivity index is 0.000000175. The van der Waals surface area contributed by atoms with E-state index in [1.54, 1.807) is 42.5 Å². The summed E-state index contributed by atoms with van der Waals surface area (Å²) in [5.74, 6) is 2.20. The van der Waals surface area contributed by atoms with Crippen molar-refractivity contribution in [3.63, 3.8) is 0 Å². The highest BCUT2D eigenvalue weighted by Crippen LogP contribution is 2.38. The van der Waals surface area contributed by atoms with Crippen LogP contribution in [0.3, 0.4) is 0 Å². The highest BCUT2D eigenvalue weighted by molar-refractivity contribution is 7.88. The molecule has 0 amide bonds. The van der Waals surface area contributed by atoms with E-state index in [0.29, 0.717) is 45.8 Å². The summed E-state index contributed by atoms with van der Waals surface area (Å²) >= 11 is 0. The molecule has 0 aliphatic rings. The first-order valence-corrected chi connectivity index (χ1v) is 22.7. The van der Waals surface area contributed by atoms with Gasteiger partial charge in [0.2, 0.25) is 0 Å². The number of benzene rings is 8. The third-order valence-corrected chi connectivity index (χ3v) is 11.5. The van der Waals surface area contributed by atoms with Gasteiger partial charge in [-0.2, -0.15) is 21.6 Å². The van der Waals surface area contributed by atoms with Gasteiger partial charge in [0.15, 0.2) is 40.7 Å². The molecule has 338 valence electrons. The number of aromatic nitrogens is 6.